The van der Waals surface area contributed by atoms with Gasteiger partial charge in [0.1, 0.15) is 0 Å². The van der Waals surface area contributed by atoms with E-state index in [2.05, 4.69) is 15.6 Å². The maximum Gasteiger partial charge on any atom is 0.321 e. The van der Waals surface area contributed by atoms with E-state index in [0.29, 0.717) is 47.0 Å². The molecule has 2 heterocycles. The van der Waals surface area contributed by atoms with Crippen molar-refractivity contribution in [2.24, 2.45) is 17.8 Å². The first kappa shape index (κ1) is 23.0. The number of ether oxygens (including phenoxy) is 1. The monoisotopic (exact) mass is 496 g/mol. The van der Waals surface area contributed by atoms with Crippen molar-refractivity contribution >= 4 is 34.6 Å². The topological polar surface area (TPSA) is 102 Å². The third kappa shape index (κ3) is 4.72. The summed E-state index contributed by atoms with van der Waals surface area (Å²) in [4.78, 5) is 43.3. The van der Waals surface area contributed by atoms with Gasteiger partial charge in [-0.15, -0.1) is 0 Å². The number of aromatic nitrogens is 2. The summed E-state index contributed by atoms with van der Waals surface area (Å²) in [5.74, 6) is 1.76. The molecule has 35 heavy (non-hydrogen) atoms. The molecule has 3 amide bonds. The van der Waals surface area contributed by atoms with Crippen molar-refractivity contribution in [1.82, 2.24) is 20.2 Å². The molecule has 7 rings (SSSR count). The number of carbonyl (C=O) groups excluding carboxylic acids is 2. The van der Waals surface area contributed by atoms with Crippen LogP contribution in [0.15, 0.2) is 34.2 Å². The maximum atomic E-state index is 13.2. The van der Waals surface area contributed by atoms with Crippen molar-refractivity contribution in [3.8, 4) is 0 Å². The Bertz CT molecular complexity index is 1170. The van der Waals surface area contributed by atoms with E-state index in [4.69, 9.17) is 4.74 Å². The summed E-state index contributed by atoms with van der Waals surface area (Å²) in [6.07, 6.45) is 8.83. The van der Waals surface area contributed by atoms with Crippen LogP contribution in [-0.2, 0) is 16.1 Å². The summed E-state index contributed by atoms with van der Waals surface area (Å²) in [5.41, 5.74) is 0.325. The summed E-state index contributed by atoms with van der Waals surface area (Å²) in [5, 5.41) is 6.72. The molecule has 5 fully saturated rings. The lowest BCUT2D eigenvalue weighted by molar-refractivity contribution is -0.117. The van der Waals surface area contributed by atoms with E-state index in [1.807, 2.05) is 12.1 Å². The van der Waals surface area contributed by atoms with Crippen LogP contribution in [-0.4, -0.2) is 45.5 Å². The molecule has 9 heteroatoms. The van der Waals surface area contributed by atoms with Gasteiger partial charge >= 0.3 is 6.03 Å². The van der Waals surface area contributed by atoms with Crippen molar-refractivity contribution in [1.29, 1.82) is 0 Å². The van der Waals surface area contributed by atoms with Crippen molar-refractivity contribution in [2.45, 2.75) is 74.7 Å². The summed E-state index contributed by atoms with van der Waals surface area (Å²) < 4.78 is 7.36. The Labute approximate surface area is 208 Å². The van der Waals surface area contributed by atoms with Gasteiger partial charge in [0.25, 0.3) is 5.56 Å². The van der Waals surface area contributed by atoms with Crippen LogP contribution in [0.1, 0.15) is 51.4 Å². The highest BCUT2D eigenvalue weighted by Gasteiger charge is 2.51. The summed E-state index contributed by atoms with van der Waals surface area (Å²) in [7, 11) is 0. The highest BCUT2D eigenvalue weighted by atomic mass is 32.2. The molecule has 5 aliphatic rings. The minimum atomic E-state index is -0.402. The predicted octanol–water partition coefficient (Wildman–Crippen LogP) is 3.46. The van der Waals surface area contributed by atoms with Crippen LogP contribution in [0.3, 0.4) is 0 Å². The second-order valence-corrected chi connectivity index (χ2v) is 11.9. The number of thioether (sulfide) groups is 1. The number of amides is 3. The number of nitrogens with zero attached hydrogens (tertiary/aromatic N) is 2. The zero-order valence-electron chi connectivity index (χ0n) is 19.8. The number of urea groups is 1. The van der Waals surface area contributed by atoms with E-state index >= 15 is 0 Å². The molecular weight excluding hydrogens is 464 g/mol. The second-order valence-electron chi connectivity index (χ2n) is 11.0. The van der Waals surface area contributed by atoms with E-state index in [0.717, 1.165) is 32.1 Å². The van der Waals surface area contributed by atoms with Gasteiger partial charge in [0.05, 0.1) is 29.3 Å². The van der Waals surface area contributed by atoms with Gasteiger partial charge < -0.3 is 10.1 Å². The average Bonchev–Trinajstić information content (AvgIpc) is 3.32. The fourth-order valence-electron chi connectivity index (χ4n) is 7.24. The zero-order chi connectivity index (χ0) is 24.0. The van der Waals surface area contributed by atoms with Gasteiger partial charge in [-0.3, -0.25) is 19.5 Å². The van der Waals surface area contributed by atoms with Crippen LogP contribution in [0.5, 0.6) is 0 Å². The van der Waals surface area contributed by atoms with E-state index in [1.54, 1.807) is 16.7 Å². The molecule has 1 atom stereocenters. The van der Waals surface area contributed by atoms with Gasteiger partial charge in [0.2, 0.25) is 5.91 Å². The van der Waals surface area contributed by atoms with Crippen molar-refractivity contribution in [3.05, 3.63) is 34.6 Å². The number of benzene rings is 1. The van der Waals surface area contributed by atoms with Gasteiger partial charge in [-0.1, -0.05) is 23.9 Å². The molecular formula is C26H32N4O4S. The second kappa shape index (κ2) is 9.24. The lowest BCUT2D eigenvalue weighted by Gasteiger charge is -2.56. The SMILES string of the molecule is O=C(CSc1nc2ccccc2c(=O)n1C[C@@H]1CCCO1)NC(=O)NC12CC3CC(CC(C3)C1)C2. The standard InChI is InChI=1S/C26H32N4O4S/c31-22(28-24(33)29-26-11-16-8-17(12-26)10-18(9-16)13-26)15-35-25-27-21-6-2-1-5-20(21)23(32)30(25)14-19-4-3-7-34-19/h1-2,5-6,16-19H,3-4,7-15H2,(H2,28,29,31,33)/t16?,17?,18?,19-,26?/m0/s1. The molecule has 8 nitrogen and oxygen atoms in total. The fourth-order valence-corrected chi connectivity index (χ4v) is 8.05. The number of hydrogen-bond donors (Lipinski definition) is 2. The van der Waals surface area contributed by atoms with E-state index < -0.39 is 6.03 Å². The largest absolute Gasteiger partial charge is 0.376 e. The van der Waals surface area contributed by atoms with Crippen LogP contribution < -0.4 is 16.2 Å². The summed E-state index contributed by atoms with van der Waals surface area (Å²) >= 11 is 1.18. The molecule has 1 saturated heterocycles. The molecule has 0 unspecified atom stereocenters. The normalized spacial score (nSPS) is 31.1. The third-order valence-corrected chi connectivity index (χ3v) is 9.22. The third-order valence-electron chi connectivity index (χ3n) is 8.24. The van der Waals surface area contributed by atoms with Crippen molar-refractivity contribution < 1.29 is 14.3 Å². The number of hydrogen-bond acceptors (Lipinski definition) is 6. The number of fused-ring (bicyclic) bond motifs is 1. The minimum absolute atomic E-state index is 0.00456. The Morgan fingerprint density at radius 3 is 2.51 bits per heavy atom. The Hall–Kier alpha value is -2.39. The van der Waals surface area contributed by atoms with Crippen LogP contribution in [0.25, 0.3) is 10.9 Å². The number of rotatable bonds is 6. The van der Waals surface area contributed by atoms with Crippen LogP contribution in [0.4, 0.5) is 4.79 Å². The molecule has 1 aromatic carbocycles. The molecule has 2 N–H and O–H groups in total. The zero-order valence-corrected chi connectivity index (χ0v) is 20.6. The molecule has 4 bridgehead atoms. The van der Waals surface area contributed by atoms with Crippen LogP contribution >= 0.6 is 11.8 Å². The maximum absolute atomic E-state index is 13.2. The molecule has 2 aromatic rings. The highest BCUT2D eigenvalue weighted by molar-refractivity contribution is 7.99. The van der Waals surface area contributed by atoms with Crippen LogP contribution in [0, 0.1) is 17.8 Å². The summed E-state index contributed by atoms with van der Waals surface area (Å²) in [6.45, 7) is 1.11. The van der Waals surface area contributed by atoms with Crippen molar-refractivity contribution in [2.75, 3.05) is 12.4 Å². The number of para-hydroxylation sites is 1. The van der Waals surface area contributed by atoms with Gasteiger partial charge in [-0.05, 0) is 81.3 Å². The predicted molar refractivity (Wildman–Crippen MR) is 133 cm³/mol. The molecule has 0 radical (unpaired) electrons. The molecule has 1 aliphatic heterocycles. The Balaban J connectivity index is 1.12. The fraction of sp³-hybridized carbons (Fsp3) is 0.615. The number of carbonyl (C=O) groups is 2. The van der Waals surface area contributed by atoms with E-state index in [-0.39, 0.29) is 28.9 Å². The number of imide groups is 1. The van der Waals surface area contributed by atoms with Gasteiger partial charge in [-0.2, -0.15) is 0 Å². The molecule has 0 spiro atoms. The van der Waals surface area contributed by atoms with Crippen molar-refractivity contribution in [3.63, 3.8) is 0 Å². The van der Waals surface area contributed by atoms with E-state index in [9.17, 15) is 14.4 Å². The smallest absolute Gasteiger partial charge is 0.321 e. The highest BCUT2D eigenvalue weighted by Crippen LogP contribution is 2.55. The average molecular weight is 497 g/mol. The Morgan fingerprint density at radius 2 is 1.83 bits per heavy atom. The minimum Gasteiger partial charge on any atom is -0.376 e. The van der Waals surface area contributed by atoms with E-state index in [1.165, 1.54) is 31.0 Å². The lowest BCUT2D eigenvalue weighted by Crippen LogP contribution is -2.61. The quantitative estimate of drug-likeness (QED) is 0.469. The first-order valence-electron chi connectivity index (χ1n) is 12.8. The summed E-state index contributed by atoms with van der Waals surface area (Å²) in [6, 6.07) is 6.84. The molecule has 4 saturated carbocycles. The first-order chi connectivity index (χ1) is 17.0. The van der Waals surface area contributed by atoms with Gasteiger partial charge in [0.15, 0.2) is 5.16 Å². The van der Waals surface area contributed by atoms with Gasteiger partial charge in [0, 0.05) is 12.1 Å². The lowest BCUT2D eigenvalue weighted by atomic mass is 9.53. The van der Waals surface area contributed by atoms with Crippen LogP contribution in [0.2, 0.25) is 0 Å². The Kier molecular flexibility index (Phi) is 6.08. The molecule has 1 aromatic heterocycles. The Morgan fingerprint density at radius 1 is 1.11 bits per heavy atom. The molecule has 186 valence electrons. The number of nitrogens with one attached hydrogen (secondary N) is 2. The first-order valence-corrected chi connectivity index (χ1v) is 13.8. The van der Waals surface area contributed by atoms with Gasteiger partial charge in [-0.25, -0.2) is 9.78 Å². The molecule has 4 aliphatic carbocycles.